The van der Waals surface area contributed by atoms with Crippen LogP contribution in [0, 0.1) is 0 Å². The lowest BCUT2D eigenvalue weighted by Gasteiger charge is -2.15. The molecule has 7 heteroatoms. The maximum Gasteiger partial charge on any atom is 0.338 e. The molecule has 0 heterocycles. The van der Waals surface area contributed by atoms with Crippen molar-refractivity contribution in [2.45, 2.75) is 13.8 Å². The molecule has 0 aliphatic heterocycles. The van der Waals surface area contributed by atoms with Crippen LogP contribution in [0.15, 0.2) is 0 Å². The molecule has 86 valence electrons. The molecule has 0 bridgehead atoms. The second-order valence-electron chi connectivity index (χ2n) is 2.35. The van der Waals surface area contributed by atoms with E-state index in [9.17, 15) is 9.36 Å². The minimum absolute atomic E-state index is 0. The van der Waals surface area contributed by atoms with Crippen molar-refractivity contribution in [3.8, 4) is 0 Å². The van der Waals surface area contributed by atoms with Crippen molar-refractivity contribution in [1.29, 1.82) is 0 Å². The molecule has 5 nitrogen and oxygen atoms in total. The van der Waals surface area contributed by atoms with E-state index in [2.05, 4.69) is 0 Å². The number of carbonyl (C=O) groups excluding carboxylic acids is 1. The first-order chi connectivity index (χ1) is 6.08. The van der Waals surface area contributed by atoms with Gasteiger partial charge in [-0.3, -0.25) is 9.36 Å². The predicted octanol–water partition coefficient (Wildman–Crippen LogP) is 1.20. The summed E-state index contributed by atoms with van der Waals surface area (Å²) in [5.74, 6) is -0.315. The predicted molar refractivity (Wildman–Crippen MR) is 57.0 cm³/mol. The zero-order chi connectivity index (χ0) is 10.3. The summed E-state index contributed by atoms with van der Waals surface area (Å²) in [7, 11) is -3.22. The van der Waals surface area contributed by atoms with Gasteiger partial charge in [-0.05, 0) is 13.8 Å². The monoisotopic (exact) mass is 245 g/mol. The molecule has 0 atom stereocenters. The van der Waals surface area contributed by atoms with Crippen LogP contribution in [0.5, 0.6) is 0 Å². The van der Waals surface area contributed by atoms with Crippen LogP contribution >= 0.6 is 20.0 Å². The maximum absolute atomic E-state index is 11.7. The summed E-state index contributed by atoms with van der Waals surface area (Å²) in [6, 6.07) is 0. The number of rotatable bonds is 7. The van der Waals surface area contributed by atoms with Crippen molar-refractivity contribution in [2.75, 3.05) is 25.9 Å². The normalized spacial score (nSPS) is 10.8. The first-order valence-electron chi connectivity index (χ1n) is 4.17. The highest BCUT2D eigenvalue weighted by Gasteiger charge is 2.26. The molecule has 2 N–H and O–H groups in total. The van der Waals surface area contributed by atoms with Crippen LogP contribution in [0.4, 0.5) is 0 Å². The van der Waals surface area contributed by atoms with Gasteiger partial charge in [-0.2, -0.15) is 0 Å². The quantitative estimate of drug-likeness (QED) is 0.682. The number of halogens is 1. The number of nitrogens with two attached hydrogens (primary N) is 1. The zero-order valence-corrected chi connectivity index (χ0v) is 10.1. The average Bonchev–Trinajstić information content (AvgIpc) is 2.04. The molecule has 0 spiro atoms. The highest BCUT2D eigenvalue weighted by Crippen LogP contribution is 2.47. The SMILES string of the molecule is CCOP(=O)(CC(=O)CN)OCC.Cl. The van der Waals surface area contributed by atoms with Gasteiger partial charge in [-0.15, -0.1) is 12.4 Å². The Morgan fingerprint density at radius 1 is 1.29 bits per heavy atom. The number of carbonyl (C=O) groups is 1. The zero-order valence-electron chi connectivity index (χ0n) is 8.39. The third-order valence-electron chi connectivity index (χ3n) is 1.25. The molecular formula is C7H17ClNO4P. The first-order valence-corrected chi connectivity index (χ1v) is 5.90. The number of hydrogen-bond donors (Lipinski definition) is 1. The molecule has 0 aromatic carbocycles. The molecule has 14 heavy (non-hydrogen) atoms. The molecule has 0 saturated heterocycles. The van der Waals surface area contributed by atoms with E-state index >= 15 is 0 Å². The van der Waals surface area contributed by atoms with Gasteiger partial charge in [0.25, 0.3) is 0 Å². The standard InChI is InChI=1S/C7H16NO4P.ClH/c1-3-11-13(10,12-4-2)6-7(9)5-8;/h3-6,8H2,1-2H3;1H. The van der Waals surface area contributed by atoms with Crippen LogP contribution in [0.2, 0.25) is 0 Å². The van der Waals surface area contributed by atoms with Crippen LogP contribution in [0.1, 0.15) is 13.8 Å². The summed E-state index contributed by atoms with van der Waals surface area (Å²) in [5, 5.41) is 0. The van der Waals surface area contributed by atoms with Crippen molar-refractivity contribution >= 4 is 25.8 Å². The number of Topliss-reactive ketones (excluding diaryl/α,β-unsaturated/α-hetero) is 1. The van der Waals surface area contributed by atoms with Crippen LogP contribution in [-0.4, -0.2) is 31.7 Å². The van der Waals surface area contributed by atoms with Gasteiger partial charge in [0, 0.05) is 0 Å². The Hall–Kier alpha value is 0.0700. The lowest BCUT2D eigenvalue weighted by atomic mass is 10.5. The summed E-state index contributed by atoms with van der Waals surface area (Å²) in [5.41, 5.74) is 5.09. The van der Waals surface area contributed by atoms with Gasteiger partial charge < -0.3 is 14.8 Å². The van der Waals surface area contributed by atoms with Gasteiger partial charge in [0.05, 0.1) is 19.8 Å². The summed E-state index contributed by atoms with van der Waals surface area (Å²) in [4.78, 5) is 10.9. The highest BCUT2D eigenvalue weighted by atomic mass is 35.5. The topological polar surface area (TPSA) is 78.6 Å². The fraction of sp³-hybridized carbons (Fsp3) is 0.857. The van der Waals surface area contributed by atoms with Gasteiger partial charge in [0.15, 0.2) is 5.78 Å². The van der Waals surface area contributed by atoms with Crippen LogP contribution in [-0.2, 0) is 18.4 Å². The van der Waals surface area contributed by atoms with E-state index in [1.54, 1.807) is 13.8 Å². The van der Waals surface area contributed by atoms with Gasteiger partial charge in [0.2, 0.25) is 0 Å². The molecule has 0 aromatic heterocycles. The van der Waals surface area contributed by atoms with E-state index in [1.165, 1.54) is 0 Å². The molecule has 0 saturated carbocycles. The second kappa shape index (κ2) is 8.38. The molecule has 0 aliphatic rings. The molecule has 0 fully saturated rings. The fourth-order valence-corrected chi connectivity index (χ4v) is 2.41. The summed E-state index contributed by atoms with van der Waals surface area (Å²) in [6.45, 7) is 3.77. The van der Waals surface area contributed by atoms with E-state index in [0.29, 0.717) is 0 Å². The molecule has 0 aliphatic carbocycles. The van der Waals surface area contributed by atoms with E-state index in [-0.39, 0.29) is 44.1 Å². The molecular weight excluding hydrogens is 229 g/mol. The molecule has 0 aromatic rings. The van der Waals surface area contributed by atoms with E-state index in [4.69, 9.17) is 14.8 Å². The lowest BCUT2D eigenvalue weighted by molar-refractivity contribution is -0.115. The van der Waals surface area contributed by atoms with Crippen molar-refractivity contribution in [2.24, 2.45) is 5.73 Å². The summed E-state index contributed by atoms with van der Waals surface area (Å²) >= 11 is 0. The van der Waals surface area contributed by atoms with Crippen LogP contribution < -0.4 is 5.73 Å². The van der Waals surface area contributed by atoms with Crippen molar-refractivity contribution < 1.29 is 18.4 Å². The molecule has 0 radical (unpaired) electrons. The first kappa shape index (κ1) is 16.5. The van der Waals surface area contributed by atoms with Crippen molar-refractivity contribution in [3.63, 3.8) is 0 Å². The Morgan fingerprint density at radius 2 is 1.71 bits per heavy atom. The lowest BCUT2D eigenvalue weighted by Crippen LogP contribution is -2.19. The minimum atomic E-state index is -3.22. The van der Waals surface area contributed by atoms with Gasteiger partial charge in [0.1, 0.15) is 6.16 Å². The van der Waals surface area contributed by atoms with Crippen LogP contribution in [0.3, 0.4) is 0 Å². The second-order valence-corrected chi connectivity index (χ2v) is 4.40. The maximum atomic E-state index is 11.7. The van der Waals surface area contributed by atoms with Crippen LogP contribution in [0.25, 0.3) is 0 Å². The minimum Gasteiger partial charge on any atom is -0.324 e. The van der Waals surface area contributed by atoms with Gasteiger partial charge in [-0.1, -0.05) is 0 Å². The summed E-state index contributed by atoms with van der Waals surface area (Å²) in [6.07, 6.45) is -0.231. The molecule has 0 amide bonds. The van der Waals surface area contributed by atoms with Crippen molar-refractivity contribution in [1.82, 2.24) is 0 Å². The van der Waals surface area contributed by atoms with E-state index in [1.807, 2.05) is 0 Å². The highest BCUT2D eigenvalue weighted by molar-refractivity contribution is 7.54. The molecule has 0 rings (SSSR count). The van der Waals surface area contributed by atoms with E-state index in [0.717, 1.165) is 0 Å². The number of hydrogen-bond acceptors (Lipinski definition) is 5. The Kier molecular flexibility index (Phi) is 9.88. The Balaban J connectivity index is 0. The van der Waals surface area contributed by atoms with Gasteiger partial charge in [-0.25, -0.2) is 0 Å². The van der Waals surface area contributed by atoms with Crippen molar-refractivity contribution in [3.05, 3.63) is 0 Å². The Labute approximate surface area is 90.3 Å². The summed E-state index contributed by atoms with van der Waals surface area (Å²) < 4.78 is 21.5. The molecule has 0 unspecified atom stereocenters. The largest absolute Gasteiger partial charge is 0.338 e. The number of ketones is 1. The Morgan fingerprint density at radius 3 is 2.00 bits per heavy atom. The smallest absolute Gasteiger partial charge is 0.324 e. The third kappa shape index (κ3) is 6.51. The van der Waals surface area contributed by atoms with Gasteiger partial charge >= 0.3 is 7.60 Å². The Bertz CT molecular complexity index is 202. The van der Waals surface area contributed by atoms with E-state index < -0.39 is 7.60 Å². The fourth-order valence-electron chi connectivity index (χ4n) is 0.802. The average molecular weight is 246 g/mol. The third-order valence-corrected chi connectivity index (χ3v) is 3.29.